The number of benzene rings is 1. The molecule has 1 saturated heterocycles. The molecule has 1 aromatic heterocycles. The Morgan fingerprint density at radius 1 is 1.19 bits per heavy atom. The first-order valence-corrected chi connectivity index (χ1v) is 7.62. The third-order valence-electron chi connectivity index (χ3n) is 3.75. The molecule has 4 nitrogen and oxygen atoms in total. The minimum Gasteiger partial charge on any atom is -0.319 e. The van der Waals surface area contributed by atoms with Crippen LogP contribution in [0.1, 0.15) is 22.9 Å². The van der Waals surface area contributed by atoms with Crippen LogP contribution in [0.25, 0.3) is 0 Å². The predicted molar refractivity (Wildman–Crippen MR) is 81.9 cm³/mol. The second kappa shape index (κ2) is 5.00. The monoisotopic (exact) mass is 300 g/mol. The van der Waals surface area contributed by atoms with Crippen LogP contribution < -0.4 is 5.32 Å². The molecule has 1 atom stereocenters. The van der Waals surface area contributed by atoms with Crippen LogP contribution in [0.4, 0.5) is 4.79 Å². The third kappa shape index (κ3) is 2.34. The Morgan fingerprint density at radius 3 is 2.52 bits per heavy atom. The number of amides is 3. The van der Waals surface area contributed by atoms with Crippen molar-refractivity contribution in [3.8, 4) is 0 Å². The molecule has 108 valence electrons. The van der Waals surface area contributed by atoms with Gasteiger partial charge in [-0.2, -0.15) is 0 Å². The average Bonchev–Trinajstić information content (AvgIpc) is 3.06. The zero-order chi connectivity index (χ0) is 15.0. The highest BCUT2D eigenvalue weighted by atomic mass is 32.1. The largest absolute Gasteiger partial charge is 0.325 e. The molecule has 2 heterocycles. The van der Waals surface area contributed by atoms with Gasteiger partial charge < -0.3 is 5.32 Å². The summed E-state index contributed by atoms with van der Waals surface area (Å²) in [5.74, 6) is -0.199. The van der Waals surface area contributed by atoms with Gasteiger partial charge in [-0.3, -0.25) is 9.69 Å². The molecular weight excluding hydrogens is 284 g/mol. The number of aryl methyl sites for hydroxylation is 1. The van der Waals surface area contributed by atoms with Crippen LogP contribution >= 0.6 is 11.3 Å². The molecule has 3 amide bonds. The van der Waals surface area contributed by atoms with Gasteiger partial charge in [0.25, 0.3) is 5.91 Å². The number of hydrogen-bond donors (Lipinski definition) is 1. The first-order chi connectivity index (χ1) is 10.0. The van der Waals surface area contributed by atoms with Gasteiger partial charge in [0.15, 0.2) is 5.54 Å². The summed E-state index contributed by atoms with van der Waals surface area (Å²) in [5, 5.41) is 4.72. The summed E-state index contributed by atoms with van der Waals surface area (Å²) in [5.41, 5.74) is 1.15. The van der Waals surface area contributed by atoms with Crippen molar-refractivity contribution in [3.63, 3.8) is 0 Å². The van der Waals surface area contributed by atoms with Gasteiger partial charge in [-0.1, -0.05) is 35.9 Å². The van der Waals surface area contributed by atoms with E-state index in [9.17, 15) is 9.59 Å². The lowest BCUT2D eigenvalue weighted by atomic mass is 10.0. The van der Waals surface area contributed by atoms with E-state index in [4.69, 9.17) is 0 Å². The van der Waals surface area contributed by atoms with E-state index in [0.29, 0.717) is 6.54 Å². The molecule has 1 N–H and O–H groups in total. The molecule has 0 aliphatic carbocycles. The fraction of sp³-hybridized carbons (Fsp3) is 0.250. The number of urea groups is 1. The number of imide groups is 1. The molecule has 1 unspecified atom stereocenters. The molecule has 21 heavy (non-hydrogen) atoms. The maximum Gasteiger partial charge on any atom is 0.325 e. The summed E-state index contributed by atoms with van der Waals surface area (Å²) >= 11 is 1.47. The van der Waals surface area contributed by atoms with Crippen molar-refractivity contribution in [1.82, 2.24) is 10.2 Å². The van der Waals surface area contributed by atoms with Crippen molar-refractivity contribution < 1.29 is 9.59 Å². The lowest BCUT2D eigenvalue weighted by Crippen LogP contribution is -2.40. The molecule has 5 heteroatoms. The number of carbonyl (C=O) groups is 2. The number of thiophene rings is 1. The number of rotatable bonds is 3. The van der Waals surface area contributed by atoms with E-state index in [1.807, 2.05) is 48.7 Å². The van der Waals surface area contributed by atoms with E-state index >= 15 is 0 Å². The van der Waals surface area contributed by atoms with Gasteiger partial charge in [-0.05, 0) is 30.9 Å². The SMILES string of the molecule is Cc1ccc(CN2C(=O)NC(C)(c3cccs3)C2=O)cc1. The van der Waals surface area contributed by atoms with Crippen molar-refractivity contribution in [2.45, 2.75) is 25.9 Å². The molecular formula is C16H16N2O2S. The Bertz CT molecular complexity index is 679. The van der Waals surface area contributed by atoms with Crippen molar-refractivity contribution in [3.05, 3.63) is 57.8 Å². The fourth-order valence-electron chi connectivity index (χ4n) is 2.45. The Hall–Kier alpha value is -2.14. The maximum absolute atomic E-state index is 12.7. The summed E-state index contributed by atoms with van der Waals surface area (Å²) in [6.45, 7) is 4.06. The zero-order valence-corrected chi connectivity index (χ0v) is 12.7. The first-order valence-electron chi connectivity index (χ1n) is 6.74. The lowest BCUT2D eigenvalue weighted by Gasteiger charge is -2.20. The van der Waals surface area contributed by atoms with Gasteiger partial charge in [0.2, 0.25) is 0 Å². The molecule has 1 aromatic carbocycles. The summed E-state index contributed by atoms with van der Waals surface area (Å²) in [6.07, 6.45) is 0. The summed E-state index contributed by atoms with van der Waals surface area (Å²) < 4.78 is 0. The number of carbonyl (C=O) groups excluding carboxylic acids is 2. The second-order valence-electron chi connectivity index (χ2n) is 5.41. The van der Waals surface area contributed by atoms with Crippen LogP contribution in [-0.4, -0.2) is 16.8 Å². The van der Waals surface area contributed by atoms with Gasteiger partial charge in [-0.15, -0.1) is 11.3 Å². The third-order valence-corrected chi connectivity index (χ3v) is 4.84. The molecule has 0 saturated carbocycles. The predicted octanol–water partition coefficient (Wildman–Crippen LogP) is 3.02. The van der Waals surface area contributed by atoms with Crippen LogP contribution in [0.15, 0.2) is 41.8 Å². The van der Waals surface area contributed by atoms with Gasteiger partial charge in [0.05, 0.1) is 6.54 Å². The summed E-state index contributed by atoms with van der Waals surface area (Å²) in [4.78, 5) is 27.0. The molecule has 3 rings (SSSR count). The van der Waals surface area contributed by atoms with Crippen LogP contribution in [-0.2, 0) is 16.9 Å². The number of nitrogens with zero attached hydrogens (tertiary/aromatic N) is 1. The molecule has 0 bridgehead atoms. The minimum atomic E-state index is -0.948. The van der Waals surface area contributed by atoms with Gasteiger partial charge >= 0.3 is 6.03 Å². The zero-order valence-electron chi connectivity index (χ0n) is 11.9. The van der Waals surface area contributed by atoms with E-state index in [0.717, 1.165) is 16.0 Å². The van der Waals surface area contributed by atoms with E-state index in [-0.39, 0.29) is 11.9 Å². The summed E-state index contributed by atoms with van der Waals surface area (Å²) in [6, 6.07) is 11.3. The van der Waals surface area contributed by atoms with Crippen molar-refractivity contribution >= 4 is 23.3 Å². The molecule has 1 fully saturated rings. The molecule has 2 aromatic rings. The number of hydrogen-bond acceptors (Lipinski definition) is 3. The van der Waals surface area contributed by atoms with E-state index in [2.05, 4.69) is 5.32 Å². The van der Waals surface area contributed by atoms with Crippen molar-refractivity contribution in [2.75, 3.05) is 0 Å². The van der Waals surface area contributed by atoms with Gasteiger partial charge in [-0.25, -0.2) is 4.79 Å². The van der Waals surface area contributed by atoms with E-state index in [1.165, 1.54) is 16.2 Å². The first kappa shape index (κ1) is 13.8. The molecule has 1 aliphatic heterocycles. The molecule has 0 spiro atoms. The van der Waals surface area contributed by atoms with Crippen molar-refractivity contribution in [1.29, 1.82) is 0 Å². The minimum absolute atomic E-state index is 0.199. The van der Waals surface area contributed by atoms with Crippen LogP contribution in [0.5, 0.6) is 0 Å². The molecule has 0 radical (unpaired) electrons. The average molecular weight is 300 g/mol. The number of nitrogens with one attached hydrogen (secondary N) is 1. The molecule has 1 aliphatic rings. The highest BCUT2D eigenvalue weighted by Gasteiger charge is 2.49. The van der Waals surface area contributed by atoms with Crippen molar-refractivity contribution in [2.24, 2.45) is 0 Å². The second-order valence-corrected chi connectivity index (χ2v) is 6.36. The topological polar surface area (TPSA) is 49.4 Å². The van der Waals surface area contributed by atoms with Crippen LogP contribution in [0.2, 0.25) is 0 Å². The Kier molecular flexibility index (Phi) is 3.29. The smallest absolute Gasteiger partial charge is 0.319 e. The normalized spacial score (nSPS) is 21.7. The maximum atomic E-state index is 12.7. The quantitative estimate of drug-likeness (QED) is 0.886. The fourth-order valence-corrected chi connectivity index (χ4v) is 3.28. The van der Waals surface area contributed by atoms with Crippen LogP contribution in [0, 0.1) is 6.92 Å². The highest BCUT2D eigenvalue weighted by molar-refractivity contribution is 7.10. The summed E-state index contributed by atoms with van der Waals surface area (Å²) in [7, 11) is 0. The van der Waals surface area contributed by atoms with E-state index in [1.54, 1.807) is 6.92 Å². The van der Waals surface area contributed by atoms with Crippen LogP contribution in [0.3, 0.4) is 0 Å². The lowest BCUT2D eigenvalue weighted by molar-refractivity contribution is -0.131. The van der Waals surface area contributed by atoms with E-state index < -0.39 is 5.54 Å². The van der Waals surface area contributed by atoms with Gasteiger partial charge in [0, 0.05) is 4.88 Å². The van der Waals surface area contributed by atoms with Gasteiger partial charge in [0.1, 0.15) is 0 Å². The Balaban J connectivity index is 1.86. The standard InChI is InChI=1S/C16H16N2O2S/c1-11-5-7-12(8-6-11)10-18-14(19)16(2,17-15(18)20)13-4-3-9-21-13/h3-9H,10H2,1-2H3,(H,17,20). The Labute approximate surface area is 127 Å². The Morgan fingerprint density at radius 2 is 1.90 bits per heavy atom. The highest BCUT2D eigenvalue weighted by Crippen LogP contribution is 2.32.